The summed E-state index contributed by atoms with van der Waals surface area (Å²) in [5.74, 6) is -2.36. The molecule has 0 spiro atoms. The Morgan fingerprint density at radius 1 is 1.37 bits per heavy atom. The van der Waals surface area contributed by atoms with Gasteiger partial charge >= 0.3 is 5.51 Å². The lowest BCUT2D eigenvalue weighted by atomic mass is 10.4. The second kappa shape index (κ2) is 4.66. The molecule has 0 unspecified atom stereocenters. The van der Waals surface area contributed by atoms with E-state index in [0.29, 0.717) is 0 Å². The van der Waals surface area contributed by atoms with Crippen LogP contribution in [0.25, 0.3) is 0 Å². The number of nitrogens with one attached hydrogen (secondary N) is 1. The third-order valence-electron chi connectivity index (χ3n) is 1.84. The van der Waals surface area contributed by atoms with Crippen molar-refractivity contribution >= 4 is 15.8 Å². The van der Waals surface area contributed by atoms with Crippen molar-refractivity contribution in [3.63, 3.8) is 0 Å². The fourth-order valence-corrected chi connectivity index (χ4v) is 1.43. The van der Waals surface area contributed by atoms with E-state index in [2.05, 4.69) is 4.98 Å². The van der Waals surface area contributed by atoms with E-state index in [-0.39, 0.29) is 4.73 Å². The smallest absolute Gasteiger partial charge is 0.424 e. The molecule has 0 bridgehead atoms. The third-order valence-corrected chi connectivity index (χ3v) is 3.07. The normalized spacial score (nSPS) is 11.6. The Balaban J connectivity index is 3.02. The van der Waals surface area contributed by atoms with E-state index in [1.165, 1.54) is 12.1 Å². The lowest BCUT2D eigenvalue weighted by molar-refractivity contribution is -0.0433. The Morgan fingerprint density at radius 2 is 1.95 bits per heavy atom. The molecule has 0 aromatic carbocycles. The van der Waals surface area contributed by atoms with Gasteiger partial charge in [-0.15, -0.1) is 4.73 Å². The molecule has 0 saturated heterocycles. The molecular formula is C7H4F3N5O3S. The van der Waals surface area contributed by atoms with Gasteiger partial charge in [-0.25, -0.2) is 8.42 Å². The van der Waals surface area contributed by atoms with Crippen LogP contribution in [0.15, 0.2) is 0 Å². The Kier molecular flexibility index (Phi) is 3.58. The number of aromatic nitrogens is 2. The highest BCUT2D eigenvalue weighted by atomic mass is 32.2. The van der Waals surface area contributed by atoms with Gasteiger partial charge < -0.3 is 10.5 Å². The summed E-state index contributed by atoms with van der Waals surface area (Å²) in [7, 11) is -5.47. The number of hydrogen-bond acceptors (Lipinski definition) is 7. The molecule has 0 fully saturated rings. The standard InChI is InChI=1S/C7H4F3N5O3S/c8-7(9,10)19(17,18)3-13-6-14-4(1-11)5(2-12)15(6)16/h16H,3H2,(H,13,14). The Hall–Kier alpha value is -2.47. The number of imidazole rings is 1. The molecule has 102 valence electrons. The molecule has 0 aliphatic carbocycles. The summed E-state index contributed by atoms with van der Waals surface area (Å²) in [5, 5.41) is 28.0. The molecule has 8 nitrogen and oxygen atoms in total. The third kappa shape index (κ3) is 2.69. The molecule has 1 aromatic rings. The highest BCUT2D eigenvalue weighted by Crippen LogP contribution is 2.24. The van der Waals surface area contributed by atoms with E-state index in [1.807, 2.05) is 0 Å². The Morgan fingerprint density at radius 3 is 2.32 bits per heavy atom. The quantitative estimate of drug-likeness (QED) is 0.759. The summed E-state index contributed by atoms with van der Waals surface area (Å²) in [4.78, 5) is 3.27. The average molecular weight is 295 g/mol. The molecular weight excluding hydrogens is 291 g/mol. The van der Waals surface area contributed by atoms with Crippen molar-refractivity contribution in [3.05, 3.63) is 11.4 Å². The second-order valence-corrected chi connectivity index (χ2v) is 5.03. The van der Waals surface area contributed by atoms with Crippen molar-refractivity contribution in [2.45, 2.75) is 5.51 Å². The van der Waals surface area contributed by atoms with E-state index in [9.17, 15) is 26.8 Å². The number of halogens is 3. The first kappa shape index (κ1) is 14.6. The minimum Gasteiger partial charge on any atom is -0.424 e. The number of nitrogens with zero attached hydrogens (tertiary/aromatic N) is 4. The summed E-state index contributed by atoms with van der Waals surface area (Å²) in [6.45, 7) is 0. The van der Waals surface area contributed by atoms with Gasteiger partial charge in [-0.3, -0.25) is 0 Å². The van der Waals surface area contributed by atoms with Crippen LogP contribution in [-0.4, -0.2) is 34.7 Å². The zero-order chi connectivity index (χ0) is 14.8. The molecule has 0 aliphatic heterocycles. The number of alkyl halides is 3. The molecule has 1 rings (SSSR count). The maximum atomic E-state index is 12.0. The first-order chi connectivity index (χ1) is 8.64. The predicted molar refractivity (Wildman–Crippen MR) is 52.3 cm³/mol. The maximum Gasteiger partial charge on any atom is 0.499 e. The molecule has 12 heteroatoms. The predicted octanol–water partition coefficient (Wildman–Crippen LogP) is 0.168. The molecule has 0 saturated carbocycles. The lowest BCUT2D eigenvalue weighted by Gasteiger charge is -2.08. The van der Waals surface area contributed by atoms with Gasteiger partial charge in [0.15, 0.2) is 11.4 Å². The van der Waals surface area contributed by atoms with E-state index in [0.717, 1.165) is 0 Å². The van der Waals surface area contributed by atoms with E-state index in [4.69, 9.17) is 10.5 Å². The van der Waals surface area contributed by atoms with E-state index < -0.39 is 38.6 Å². The van der Waals surface area contributed by atoms with E-state index >= 15 is 0 Å². The molecule has 1 aromatic heterocycles. The summed E-state index contributed by atoms with van der Waals surface area (Å²) < 4.78 is 57.5. The van der Waals surface area contributed by atoms with Crippen molar-refractivity contribution in [2.24, 2.45) is 0 Å². The van der Waals surface area contributed by atoms with Crippen molar-refractivity contribution in [1.82, 2.24) is 9.71 Å². The molecule has 1 heterocycles. The Bertz CT molecular complexity index is 679. The molecule has 2 N–H and O–H groups in total. The van der Waals surface area contributed by atoms with Crippen molar-refractivity contribution in [1.29, 1.82) is 10.5 Å². The summed E-state index contributed by atoms with van der Waals surface area (Å²) in [5.41, 5.74) is -6.66. The largest absolute Gasteiger partial charge is 0.499 e. The first-order valence-corrected chi connectivity index (χ1v) is 5.94. The van der Waals surface area contributed by atoms with E-state index in [1.54, 1.807) is 5.32 Å². The fraction of sp³-hybridized carbons (Fsp3) is 0.286. The minimum absolute atomic E-state index is 0.00948. The van der Waals surface area contributed by atoms with Crippen LogP contribution < -0.4 is 5.32 Å². The van der Waals surface area contributed by atoms with Crippen molar-refractivity contribution in [2.75, 3.05) is 11.2 Å². The van der Waals surface area contributed by atoms with Gasteiger partial charge in [0.1, 0.15) is 18.0 Å². The molecule has 0 atom stereocenters. The highest BCUT2D eigenvalue weighted by molar-refractivity contribution is 7.92. The van der Waals surface area contributed by atoms with Gasteiger partial charge in [-0.1, -0.05) is 0 Å². The number of hydrogen-bond donors (Lipinski definition) is 2. The van der Waals surface area contributed by atoms with Crippen LogP contribution in [0.3, 0.4) is 0 Å². The second-order valence-electron chi connectivity index (χ2n) is 3.05. The molecule has 0 aliphatic rings. The van der Waals surface area contributed by atoms with Crippen LogP contribution in [-0.2, 0) is 9.84 Å². The topological polar surface area (TPSA) is 132 Å². The molecule has 0 amide bonds. The van der Waals surface area contributed by atoms with Crippen LogP contribution in [0, 0.1) is 22.7 Å². The van der Waals surface area contributed by atoms with Gasteiger partial charge in [-0.2, -0.15) is 28.7 Å². The highest BCUT2D eigenvalue weighted by Gasteiger charge is 2.45. The van der Waals surface area contributed by atoms with Crippen LogP contribution in [0.2, 0.25) is 0 Å². The molecule has 19 heavy (non-hydrogen) atoms. The van der Waals surface area contributed by atoms with Gasteiger partial charge in [0, 0.05) is 0 Å². The monoisotopic (exact) mass is 295 g/mol. The number of anilines is 1. The average Bonchev–Trinajstić information content (AvgIpc) is 2.61. The Labute approximate surface area is 104 Å². The fourth-order valence-electron chi connectivity index (χ4n) is 0.946. The first-order valence-electron chi connectivity index (χ1n) is 4.29. The van der Waals surface area contributed by atoms with Gasteiger partial charge in [0.2, 0.25) is 5.95 Å². The van der Waals surface area contributed by atoms with Crippen LogP contribution in [0.1, 0.15) is 11.4 Å². The van der Waals surface area contributed by atoms with Gasteiger partial charge in [0.05, 0.1) is 0 Å². The van der Waals surface area contributed by atoms with Crippen molar-refractivity contribution in [3.8, 4) is 12.1 Å². The number of sulfone groups is 1. The SMILES string of the molecule is N#Cc1nc(NCS(=O)(=O)C(F)(F)F)n(O)c1C#N. The van der Waals surface area contributed by atoms with Crippen LogP contribution in [0.5, 0.6) is 0 Å². The summed E-state index contributed by atoms with van der Waals surface area (Å²) in [6, 6.07) is 2.79. The van der Waals surface area contributed by atoms with Crippen LogP contribution >= 0.6 is 0 Å². The maximum absolute atomic E-state index is 12.0. The molecule has 0 radical (unpaired) electrons. The zero-order valence-corrected chi connectivity index (χ0v) is 9.62. The van der Waals surface area contributed by atoms with Gasteiger partial charge in [-0.05, 0) is 0 Å². The number of nitriles is 2. The number of rotatable bonds is 3. The zero-order valence-electron chi connectivity index (χ0n) is 8.80. The lowest BCUT2D eigenvalue weighted by Crippen LogP contribution is -2.30. The van der Waals surface area contributed by atoms with Gasteiger partial charge in [0.25, 0.3) is 9.84 Å². The van der Waals surface area contributed by atoms with Crippen molar-refractivity contribution < 1.29 is 26.8 Å². The summed E-state index contributed by atoms with van der Waals surface area (Å²) >= 11 is 0. The van der Waals surface area contributed by atoms with Crippen LogP contribution in [0.4, 0.5) is 19.1 Å². The minimum atomic E-state index is -5.47. The summed E-state index contributed by atoms with van der Waals surface area (Å²) in [6.07, 6.45) is 0.